The largest absolute Gasteiger partial charge is 0.300 e. The predicted octanol–water partition coefficient (Wildman–Crippen LogP) is 3.41. The standard InChI is InChI=1S/C18H17NO5S/c20-16-10-12-18(13-11-16,14-6-8-15(9-7-14)19(21)22)25(23,24)17-4-2-1-3-5-17/h1-9H,10-13H2. The molecule has 0 aliphatic heterocycles. The molecular weight excluding hydrogens is 342 g/mol. The number of ketones is 1. The van der Waals surface area contributed by atoms with E-state index in [0.29, 0.717) is 5.56 Å². The number of hydrogen-bond donors (Lipinski definition) is 0. The molecule has 1 aliphatic rings. The molecule has 0 saturated heterocycles. The van der Waals surface area contributed by atoms with Crippen LogP contribution in [0.25, 0.3) is 0 Å². The van der Waals surface area contributed by atoms with E-state index in [4.69, 9.17) is 0 Å². The van der Waals surface area contributed by atoms with Crippen molar-refractivity contribution in [2.24, 2.45) is 0 Å². The molecule has 0 aromatic heterocycles. The number of hydrogen-bond acceptors (Lipinski definition) is 5. The highest BCUT2D eigenvalue weighted by atomic mass is 32.2. The predicted molar refractivity (Wildman–Crippen MR) is 91.9 cm³/mol. The van der Waals surface area contributed by atoms with E-state index in [1.807, 2.05) is 0 Å². The maximum Gasteiger partial charge on any atom is 0.269 e. The van der Waals surface area contributed by atoms with E-state index < -0.39 is 19.5 Å². The van der Waals surface area contributed by atoms with Crippen molar-refractivity contribution in [2.45, 2.75) is 35.3 Å². The highest BCUT2D eigenvalue weighted by molar-refractivity contribution is 7.92. The number of rotatable bonds is 4. The molecule has 1 saturated carbocycles. The minimum atomic E-state index is -3.76. The Balaban J connectivity index is 2.14. The van der Waals surface area contributed by atoms with Crippen molar-refractivity contribution in [1.82, 2.24) is 0 Å². The van der Waals surface area contributed by atoms with Crippen molar-refractivity contribution < 1.29 is 18.1 Å². The number of benzene rings is 2. The van der Waals surface area contributed by atoms with Gasteiger partial charge in [-0.1, -0.05) is 30.3 Å². The lowest BCUT2D eigenvalue weighted by Gasteiger charge is -2.36. The van der Waals surface area contributed by atoms with Gasteiger partial charge >= 0.3 is 0 Å². The van der Waals surface area contributed by atoms with Crippen molar-refractivity contribution >= 4 is 21.3 Å². The Hall–Kier alpha value is -2.54. The first-order valence-corrected chi connectivity index (χ1v) is 9.41. The lowest BCUT2D eigenvalue weighted by molar-refractivity contribution is -0.384. The molecule has 130 valence electrons. The minimum Gasteiger partial charge on any atom is -0.300 e. The molecule has 0 radical (unpaired) electrons. The third-order valence-corrected chi connectivity index (χ3v) is 7.35. The van der Waals surface area contributed by atoms with Crippen molar-refractivity contribution in [2.75, 3.05) is 0 Å². The van der Waals surface area contributed by atoms with Gasteiger partial charge in [0.15, 0.2) is 9.84 Å². The molecule has 0 atom stereocenters. The summed E-state index contributed by atoms with van der Waals surface area (Å²) in [7, 11) is -3.76. The van der Waals surface area contributed by atoms with Crippen LogP contribution in [-0.2, 0) is 19.4 Å². The molecule has 7 heteroatoms. The number of nitro benzene ring substituents is 1. The van der Waals surface area contributed by atoms with Gasteiger partial charge in [0.05, 0.1) is 9.82 Å². The third-order valence-electron chi connectivity index (χ3n) is 4.79. The maximum atomic E-state index is 13.4. The lowest BCUT2D eigenvalue weighted by atomic mass is 9.82. The van der Waals surface area contributed by atoms with Crippen LogP contribution in [0.3, 0.4) is 0 Å². The molecule has 1 fully saturated rings. The fourth-order valence-corrected chi connectivity index (χ4v) is 5.51. The van der Waals surface area contributed by atoms with Crippen molar-refractivity contribution in [3.8, 4) is 0 Å². The Labute approximate surface area is 145 Å². The van der Waals surface area contributed by atoms with Crippen LogP contribution in [0.1, 0.15) is 31.2 Å². The molecule has 25 heavy (non-hydrogen) atoms. The first-order chi connectivity index (χ1) is 11.9. The van der Waals surface area contributed by atoms with Crippen molar-refractivity contribution in [3.05, 3.63) is 70.3 Å². The smallest absolute Gasteiger partial charge is 0.269 e. The SMILES string of the molecule is O=C1CCC(c2ccc([N+](=O)[O-])cc2)(S(=O)(=O)c2ccccc2)CC1. The highest BCUT2D eigenvalue weighted by Crippen LogP contribution is 2.46. The Kier molecular flexibility index (Phi) is 4.43. The average molecular weight is 359 g/mol. The monoisotopic (exact) mass is 359 g/mol. The zero-order valence-corrected chi connectivity index (χ0v) is 14.2. The molecular formula is C18H17NO5S. The van der Waals surface area contributed by atoms with Gasteiger partial charge in [-0.3, -0.25) is 14.9 Å². The van der Waals surface area contributed by atoms with Gasteiger partial charge in [0.25, 0.3) is 5.69 Å². The Morgan fingerprint density at radius 3 is 2.00 bits per heavy atom. The molecule has 0 amide bonds. The molecule has 0 heterocycles. The summed E-state index contributed by atoms with van der Waals surface area (Å²) in [5.74, 6) is 0.0424. The number of nitro groups is 1. The van der Waals surface area contributed by atoms with E-state index >= 15 is 0 Å². The molecule has 3 rings (SSSR count). The van der Waals surface area contributed by atoms with Crippen LogP contribution in [0, 0.1) is 10.1 Å². The summed E-state index contributed by atoms with van der Waals surface area (Å²) >= 11 is 0. The van der Waals surface area contributed by atoms with E-state index in [-0.39, 0.29) is 42.0 Å². The topological polar surface area (TPSA) is 94.3 Å². The molecule has 0 spiro atoms. The van der Waals surface area contributed by atoms with Crippen molar-refractivity contribution in [3.63, 3.8) is 0 Å². The quantitative estimate of drug-likeness (QED) is 0.616. The van der Waals surface area contributed by atoms with Crippen LogP contribution in [0.5, 0.6) is 0 Å². The summed E-state index contributed by atoms with van der Waals surface area (Å²) in [4.78, 5) is 22.3. The van der Waals surface area contributed by atoms with Crippen LogP contribution in [0.15, 0.2) is 59.5 Å². The summed E-state index contributed by atoms with van der Waals surface area (Å²) in [6.07, 6.45) is 0.730. The van der Waals surface area contributed by atoms with Gasteiger partial charge in [-0.15, -0.1) is 0 Å². The fraction of sp³-hybridized carbons (Fsp3) is 0.278. The number of carbonyl (C=O) groups excluding carboxylic acids is 1. The van der Waals surface area contributed by atoms with Gasteiger partial charge in [-0.2, -0.15) is 0 Å². The maximum absolute atomic E-state index is 13.4. The number of Topliss-reactive ketones (excluding diaryl/α,β-unsaturated/α-hetero) is 1. The van der Waals surface area contributed by atoms with Gasteiger partial charge in [0.2, 0.25) is 0 Å². The summed E-state index contributed by atoms with van der Waals surface area (Å²) in [6.45, 7) is 0. The van der Waals surface area contributed by atoms with E-state index in [1.165, 1.54) is 24.3 Å². The highest BCUT2D eigenvalue weighted by Gasteiger charge is 2.48. The van der Waals surface area contributed by atoms with E-state index in [9.17, 15) is 23.3 Å². The van der Waals surface area contributed by atoms with Crippen LogP contribution in [-0.4, -0.2) is 19.1 Å². The molecule has 2 aromatic rings. The molecule has 0 N–H and O–H groups in total. The Morgan fingerprint density at radius 1 is 0.920 bits per heavy atom. The van der Waals surface area contributed by atoms with Gasteiger partial charge < -0.3 is 0 Å². The van der Waals surface area contributed by atoms with Gasteiger partial charge in [0.1, 0.15) is 10.5 Å². The molecule has 6 nitrogen and oxygen atoms in total. The zero-order chi connectivity index (χ0) is 18.1. The van der Waals surface area contributed by atoms with Crippen LogP contribution in [0.4, 0.5) is 5.69 Å². The molecule has 1 aliphatic carbocycles. The van der Waals surface area contributed by atoms with Gasteiger partial charge in [-0.05, 0) is 30.5 Å². The van der Waals surface area contributed by atoms with Crippen LogP contribution < -0.4 is 0 Å². The second-order valence-corrected chi connectivity index (χ2v) is 8.41. The van der Waals surface area contributed by atoms with Gasteiger partial charge in [0, 0.05) is 25.0 Å². The molecule has 0 bridgehead atoms. The third kappa shape index (κ3) is 2.95. The van der Waals surface area contributed by atoms with E-state index in [0.717, 1.165) is 0 Å². The van der Waals surface area contributed by atoms with E-state index in [2.05, 4.69) is 0 Å². The average Bonchev–Trinajstić information content (AvgIpc) is 2.63. The molecule has 0 unspecified atom stereocenters. The Bertz CT molecular complexity index is 894. The summed E-state index contributed by atoms with van der Waals surface area (Å²) in [5, 5.41) is 10.9. The minimum absolute atomic E-state index is 0.0424. The summed E-state index contributed by atoms with van der Waals surface area (Å²) < 4.78 is 25.5. The number of nitrogens with zero attached hydrogens (tertiary/aromatic N) is 1. The van der Waals surface area contributed by atoms with E-state index in [1.54, 1.807) is 30.3 Å². The summed E-state index contributed by atoms with van der Waals surface area (Å²) in [6, 6.07) is 13.7. The lowest BCUT2D eigenvalue weighted by Crippen LogP contribution is -2.40. The number of carbonyl (C=O) groups is 1. The second-order valence-electron chi connectivity index (χ2n) is 6.15. The zero-order valence-electron chi connectivity index (χ0n) is 13.4. The number of sulfone groups is 1. The van der Waals surface area contributed by atoms with Crippen LogP contribution >= 0.6 is 0 Å². The summed E-state index contributed by atoms with van der Waals surface area (Å²) in [5.41, 5.74) is 0.400. The van der Waals surface area contributed by atoms with Crippen molar-refractivity contribution in [1.29, 1.82) is 0 Å². The fourth-order valence-electron chi connectivity index (χ4n) is 3.36. The first kappa shape index (κ1) is 17.3. The first-order valence-electron chi connectivity index (χ1n) is 7.93. The second kappa shape index (κ2) is 6.40. The van der Waals surface area contributed by atoms with Gasteiger partial charge in [-0.25, -0.2) is 8.42 Å². The number of non-ortho nitro benzene ring substituents is 1. The Morgan fingerprint density at radius 2 is 1.48 bits per heavy atom. The molecule has 2 aromatic carbocycles. The van der Waals surface area contributed by atoms with Crippen LogP contribution in [0.2, 0.25) is 0 Å². The normalized spacial score (nSPS) is 17.2.